The van der Waals surface area contributed by atoms with Gasteiger partial charge in [0, 0.05) is 25.7 Å². The summed E-state index contributed by atoms with van der Waals surface area (Å²) < 4.78 is 5.77. The topological polar surface area (TPSA) is 38.5 Å². The lowest BCUT2D eigenvalue weighted by Gasteiger charge is -2.38. The summed E-state index contributed by atoms with van der Waals surface area (Å²) in [6, 6.07) is 9.28. The maximum Gasteiger partial charge on any atom is 0.0700 e. The average Bonchev–Trinajstić information content (AvgIpc) is 2.48. The molecule has 0 aromatic heterocycles. The minimum atomic E-state index is 0.197. The molecule has 1 saturated heterocycles. The van der Waals surface area contributed by atoms with Crippen molar-refractivity contribution in [3.8, 4) is 0 Å². The highest BCUT2D eigenvalue weighted by atomic mass is 16.5. The van der Waals surface area contributed by atoms with Crippen molar-refractivity contribution in [1.29, 1.82) is 0 Å². The Morgan fingerprint density at radius 2 is 1.95 bits per heavy atom. The molecule has 1 fully saturated rings. The third-order valence-corrected chi connectivity index (χ3v) is 4.45. The summed E-state index contributed by atoms with van der Waals surface area (Å²) in [5, 5.41) is 0. The molecule has 2 rings (SSSR count). The van der Waals surface area contributed by atoms with Gasteiger partial charge in [0.1, 0.15) is 0 Å². The summed E-state index contributed by atoms with van der Waals surface area (Å²) in [6.07, 6.45) is 1.41. The average molecular weight is 290 g/mol. The molecule has 2 atom stereocenters. The minimum absolute atomic E-state index is 0.197. The molecule has 0 aliphatic carbocycles. The molecule has 0 spiro atoms. The van der Waals surface area contributed by atoms with Gasteiger partial charge in [0.15, 0.2) is 0 Å². The number of benzene rings is 1. The molecule has 1 heterocycles. The van der Waals surface area contributed by atoms with Gasteiger partial charge in [-0.15, -0.1) is 0 Å². The fraction of sp³-hybridized carbons (Fsp3) is 0.667. The number of nitrogens with zero attached hydrogens (tertiary/aromatic N) is 1. The van der Waals surface area contributed by atoms with Crippen LogP contribution in [0.4, 0.5) is 0 Å². The Bertz CT molecular complexity index is 436. The van der Waals surface area contributed by atoms with E-state index in [1.54, 1.807) is 0 Å². The first-order chi connectivity index (χ1) is 9.95. The monoisotopic (exact) mass is 290 g/mol. The number of hydrogen-bond donors (Lipinski definition) is 1. The Hall–Kier alpha value is -0.900. The molecule has 2 N–H and O–H groups in total. The van der Waals surface area contributed by atoms with Crippen molar-refractivity contribution in [3.05, 3.63) is 35.4 Å². The van der Waals surface area contributed by atoms with Crippen LogP contribution < -0.4 is 5.73 Å². The molecule has 1 aliphatic rings. The summed E-state index contributed by atoms with van der Waals surface area (Å²) in [7, 11) is 0. The quantitative estimate of drug-likeness (QED) is 0.926. The number of morpholine rings is 1. The number of rotatable bonds is 4. The van der Waals surface area contributed by atoms with E-state index in [-0.39, 0.29) is 5.41 Å². The third-order valence-electron chi connectivity index (χ3n) is 4.45. The van der Waals surface area contributed by atoms with E-state index < -0.39 is 0 Å². The van der Waals surface area contributed by atoms with Gasteiger partial charge in [-0.25, -0.2) is 0 Å². The van der Waals surface area contributed by atoms with E-state index in [1.807, 2.05) is 0 Å². The van der Waals surface area contributed by atoms with Crippen molar-refractivity contribution in [3.63, 3.8) is 0 Å². The van der Waals surface area contributed by atoms with E-state index in [0.717, 1.165) is 26.1 Å². The van der Waals surface area contributed by atoms with Crippen molar-refractivity contribution >= 4 is 0 Å². The first-order valence-electron chi connectivity index (χ1n) is 8.12. The first kappa shape index (κ1) is 16.5. The lowest BCUT2D eigenvalue weighted by Crippen LogP contribution is -2.46. The Balaban J connectivity index is 2.13. The predicted octanol–water partition coefficient (Wildman–Crippen LogP) is 3.09. The van der Waals surface area contributed by atoms with Crippen LogP contribution in [0.25, 0.3) is 0 Å². The van der Waals surface area contributed by atoms with Crippen LogP contribution in [-0.4, -0.2) is 37.2 Å². The molecule has 1 aromatic rings. The van der Waals surface area contributed by atoms with Crippen LogP contribution in [0.5, 0.6) is 0 Å². The van der Waals surface area contributed by atoms with Gasteiger partial charge >= 0.3 is 0 Å². The van der Waals surface area contributed by atoms with Crippen molar-refractivity contribution < 1.29 is 4.74 Å². The van der Waals surface area contributed by atoms with Gasteiger partial charge < -0.3 is 10.5 Å². The second-order valence-corrected chi connectivity index (χ2v) is 7.02. The van der Waals surface area contributed by atoms with E-state index in [1.165, 1.54) is 11.1 Å². The Morgan fingerprint density at radius 1 is 1.29 bits per heavy atom. The molecule has 2 unspecified atom stereocenters. The SMILES string of the molecule is CCC1CN(C(CN)c2ccc(C(C)(C)C)cc2)CCO1. The molecule has 0 amide bonds. The predicted molar refractivity (Wildman–Crippen MR) is 88.5 cm³/mol. The van der Waals surface area contributed by atoms with Crippen molar-refractivity contribution in [2.24, 2.45) is 5.73 Å². The maximum absolute atomic E-state index is 6.06. The van der Waals surface area contributed by atoms with Crippen LogP contribution in [-0.2, 0) is 10.2 Å². The molecular formula is C18H30N2O. The largest absolute Gasteiger partial charge is 0.376 e. The molecular weight excluding hydrogens is 260 g/mol. The van der Waals surface area contributed by atoms with Crippen LogP contribution in [0, 0.1) is 0 Å². The van der Waals surface area contributed by atoms with Gasteiger partial charge in [0.25, 0.3) is 0 Å². The van der Waals surface area contributed by atoms with Gasteiger partial charge in [-0.2, -0.15) is 0 Å². The van der Waals surface area contributed by atoms with E-state index in [2.05, 4.69) is 56.9 Å². The lowest BCUT2D eigenvalue weighted by molar-refractivity contribution is -0.0437. The third kappa shape index (κ3) is 4.06. The standard InChI is InChI=1S/C18H30N2O/c1-5-16-13-20(10-11-21-16)17(12-19)14-6-8-15(9-7-14)18(2,3)4/h6-9,16-17H,5,10-13,19H2,1-4H3. The highest BCUT2D eigenvalue weighted by molar-refractivity contribution is 5.29. The Kier molecular flexibility index (Phi) is 5.42. The van der Waals surface area contributed by atoms with E-state index >= 15 is 0 Å². The van der Waals surface area contributed by atoms with Crippen LogP contribution >= 0.6 is 0 Å². The maximum atomic E-state index is 6.06. The van der Waals surface area contributed by atoms with Crippen molar-refractivity contribution in [2.75, 3.05) is 26.2 Å². The van der Waals surface area contributed by atoms with Crippen LogP contribution in [0.1, 0.15) is 51.3 Å². The zero-order valence-electron chi connectivity index (χ0n) is 13.9. The zero-order valence-corrected chi connectivity index (χ0v) is 13.9. The number of nitrogens with two attached hydrogens (primary N) is 1. The second kappa shape index (κ2) is 6.91. The summed E-state index contributed by atoms with van der Waals surface area (Å²) in [4.78, 5) is 2.48. The van der Waals surface area contributed by atoms with Crippen molar-refractivity contribution in [2.45, 2.75) is 51.7 Å². The van der Waals surface area contributed by atoms with E-state index in [9.17, 15) is 0 Å². The molecule has 0 radical (unpaired) electrons. The van der Waals surface area contributed by atoms with Gasteiger partial charge in [0.2, 0.25) is 0 Å². The fourth-order valence-electron chi connectivity index (χ4n) is 2.97. The van der Waals surface area contributed by atoms with Crippen LogP contribution in [0.3, 0.4) is 0 Å². The minimum Gasteiger partial charge on any atom is -0.376 e. The first-order valence-corrected chi connectivity index (χ1v) is 8.12. The number of hydrogen-bond acceptors (Lipinski definition) is 3. The molecule has 0 saturated carbocycles. The smallest absolute Gasteiger partial charge is 0.0700 e. The van der Waals surface area contributed by atoms with Crippen LogP contribution in [0.2, 0.25) is 0 Å². The van der Waals surface area contributed by atoms with Gasteiger partial charge in [-0.05, 0) is 23.0 Å². The van der Waals surface area contributed by atoms with E-state index in [4.69, 9.17) is 10.5 Å². The lowest BCUT2D eigenvalue weighted by atomic mass is 9.86. The summed E-state index contributed by atoms with van der Waals surface area (Å²) in [5.41, 5.74) is 8.95. The summed E-state index contributed by atoms with van der Waals surface area (Å²) in [6.45, 7) is 12.4. The van der Waals surface area contributed by atoms with Crippen molar-refractivity contribution in [1.82, 2.24) is 4.90 Å². The number of ether oxygens (including phenoxy) is 1. The molecule has 118 valence electrons. The molecule has 1 aliphatic heterocycles. The van der Waals surface area contributed by atoms with Gasteiger partial charge in [-0.3, -0.25) is 4.90 Å². The summed E-state index contributed by atoms with van der Waals surface area (Å²) >= 11 is 0. The van der Waals surface area contributed by atoms with Gasteiger partial charge in [-0.1, -0.05) is 52.0 Å². The highest BCUT2D eigenvalue weighted by Crippen LogP contribution is 2.27. The highest BCUT2D eigenvalue weighted by Gasteiger charge is 2.26. The molecule has 21 heavy (non-hydrogen) atoms. The fourth-order valence-corrected chi connectivity index (χ4v) is 2.97. The van der Waals surface area contributed by atoms with Crippen LogP contribution in [0.15, 0.2) is 24.3 Å². The molecule has 1 aromatic carbocycles. The molecule has 3 nitrogen and oxygen atoms in total. The summed E-state index contributed by atoms with van der Waals surface area (Å²) in [5.74, 6) is 0. The van der Waals surface area contributed by atoms with Gasteiger partial charge in [0.05, 0.1) is 12.7 Å². The Morgan fingerprint density at radius 3 is 2.48 bits per heavy atom. The van der Waals surface area contributed by atoms with E-state index in [0.29, 0.717) is 18.7 Å². The normalized spacial score (nSPS) is 22.2. The Labute approximate surface area is 129 Å². The molecule has 3 heteroatoms. The zero-order chi connectivity index (χ0) is 15.5. The second-order valence-electron chi connectivity index (χ2n) is 7.02. The molecule has 0 bridgehead atoms.